The molecule has 0 atom stereocenters. The van der Waals surface area contributed by atoms with Gasteiger partial charge in [0.05, 0.1) is 5.54 Å². The minimum atomic E-state index is -4.75. The second-order valence-electron chi connectivity index (χ2n) is 9.08. The van der Waals surface area contributed by atoms with Crippen molar-refractivity contribution >= 4 is 11.8 Å². The Hall–Kier alpha value is -2.29. The van der Waals surface area contributed by atoms with Gasteiger partial charge in [-0.05, 0) is 62.1 Å². The summed E-state index contributed by atoms with van der Waals surface area (Å²) in [4.78, 5) is 24.9. The predicted molar refractivity (Wildman–Crippen MR) is 113 cm³/mol. The zero-order chi connectivity index (χ0) is 23.2. The van der Waals surface area contributed by atoms with Crippen LogP contribution in [0.3, 0.4) is 0 Å². The van der Waals surface area contributed by atoms with Crippen LogP contribution in [0.5, 0.6) is 5.75 Å². The van der Waals surface area contributed by atoms with Crippen molar-refractivity contribution in [3.8, 4) is 5.75 Å². The quantitative estimate of drug-likeness (QED) is 0.581. The van der Waals surface area contributed by atoms with E-state index in [0.717, 1.165) is 57.8 Å². The molecule has 4 N–H and O–H groups in total. The van der Waals surface area contributed by atoms with E-state index in [-0.39, 0.29) is 36.1 Å². The minimum absolute atomic E-state index is 0.0462. The van der Waals surface area contributed by atoms with Crippen LogP contribution in [0.2, 0.25) is 0 Å². The third kappa shape index (κ3) is 7.39. The molecule has 2 aliphatic rings. The topological polar surface area (TPSA) is 93.5 Å². The van der Waals surface area contributed by atoms with Crippen LogP contribution < -0.4 is 21.1 Å². The third-order valence-corrected chi connectivity index (χ3v) is 6.48. The summed E-state index contributed by atoms with van der Waals surface area (Å²) in [5, 5.41) is 5.88. The van der Waals surface area contributed by atoms with E-state index < -0.39 is 11.9 Å². The fraction of sp³-hybridized carbons (Fsp3) is 0.652. The molecular formula is C23H32F3N3O3. The van der Waals surface area contributed by atoms with Crippen molar-refractivity contribution in [1.29, 1.82) is 0 Å². The summed E-state index contributed by atoms with van der Waals surface area (Å²) in [6.45, 7) is 0.137. The molecule has 0 aromatic heterocycles. The van der Waals surface area contributed by atoms with Gasteiger partial charge in [-0.3, -0.25) is 9.59 Å². The number of nitrogens with one attached hydrogen (secondary N) is 2. The SMILES string of the molecule is NC1(C(=O)NC2CCC(CC(=O)NCc3cccc(OC(F)(F)F)c3)CC2)CCCCC1. The molecule has 1 aromatic carbocycles. The molecule has 1 aromatic rings. The van der Waals surface area contributed by atoms with E-state index in [9.17, 15) is 22.8 Å². The number of benzene rings is 1. The van der Waals surface area contributed by atoms with Gasteiger partial charge < -0.3 is 21.1 Å². The molecule has 2 fully saturated rings. The number of carbonyl (C=O) groups excluding carboxylic acids is 2. The summed E-state index contributed by atoms with van der Waals surface area (Å²) in [6, 6.07) is 5.67. The normalized spacial score (nSPS) is 23.2. The van der Waals surface area contributed by atoms with Gasteiger partial charge in [0.2, 0.25) is 11.8 Å². The Labute approximate surface area is 186 Å². The molecule has 32 heavy (non-hydrogen) atoms. The van der Waals surface area contributed by atoms with E-state index in [1.165, 1.54) is 18.2 Å². The Morgan fingerprint density at radius 3 is 2.44 bits per heavy atom. The molecule has 0 heterocycles. The van der Waals surface area contributed by atoms with E-state index >= 15 is 0 Å². The number of hydrogen-bond donors (Lipinski definition) is 3. The van der Waals surface area contributed by atoms with Gasteiger partial charge in [-0.25, -0.2) is 0 Å². The van der Waals surface area contributed by atoms with Crippen molar-refractivity contribution in [2.24, 2.45) is 11.7 Å². The van der Waals surface area contributed by atoms with Gasteiger partial charge in [0.15, 0.2) is 0 Å². The molecule has 9 heteroatoms. The van der Waals surface area contributed by atoms with E-state index in [2.05, 4.69) is 15.4 Å². The van der Waals surface area contributed by atoms with Crippen LogP contribution in [0.1, 0.15) is 69.8 Å². The number of carbonyl (C=O) groups is 2. The maximum atomic E-state index is 12.6. The number of rotatable bonds is 7. The van der Waals surface area contributed by atoms with Crippen molar-refractivity contribution in [2.45, 2.75) is 88.7 Å². The Kier molecular flexibility index (Phi) is 8.03. The number of halogens is 3. The van der Waals surface area contributed by atoms with Crippen molar-refractivity contribution in [3.63, 3.8) is 0 Å². The number of alkyl halides is 3. The zero-order valence-electron chi connectivity index (χ0n) is 18.2. The largest absolute Gasteiger partial charge is 0.573 e. The minimum Gasteiger partial charge on any atom is -0.406 e. The average Bonchev–Trinajstić information content (AvgIpc) is 2.73. The molecule has 2 aliphatic carbocycles. The Balaban J connectivity index is 1.37. The van der Waals surface area contributed by atoms with Gasteiger partial charge in [0.25, 0.3) is 0 Å². The summed E-state index contributed by atoms with van der Waals surface area (Å²) >= 11 is 0. The molecule has 2 amide bonds. The molecule has 3 rings (SSSR count). The fourth-order valence-electron chi connectivity index (χ4n) is 4.64. The van der Waals surface area contributed by atoms with Crippen molar-refractivity contribution in [2.75, 3.05) is 0 Å². The molecule has 0 saturated heterocycles. The van der Waals surface area contributed by atoms with Crippen molar-refractivity contribution in [3.05, 3.63) is 29.8 Å². The van der Waals surface area contributed by atoms with Gasteiger partial charge >= 0.3 is 6.36 Å². The second-order valence-corrected chi connectivity index (χ2v) is 9.08. The van der Waals surface area contributed by atoms with Gasteiger partial charge in [-0.2, -0.15) is 0 Å². The highest BCUT2D eigenvalue weighted by atomic mass is 19.4. The van der Waals surface area contributed by atoms with Gasteiger partial charge in [0.1, 0.15) is 5.75 Å². The molecule has 178 valence electrons. The zero-order valence-corrected chi connectivity index (χ0v) is 18.2. The lowest BCUT2D eigenvalue weighted by molar-refractivity contribution is -0.274. The molecule has 0 aliphatic heterocycles. The first kappa shape index (κ1) is 24.4. The fourth-order valence-corrected chi connectivity index (χ4v) is 4.64. The van der Waals surface area contributed by atoms with Gasteiger partial charge in [0, 0.05) is 19.0 Å². The molecule has 0 spiro atoms. The third-order valence-electron chi connectivity index (χ3n) is 6.48. The van der Waals surface area contributed by atoms with Crippen molar-refractivity contribution < 1.29 is 27.5 Å². The summed E-state index contributed by atoms with van der Waals surface area (Å²) in [7, 11) is 0. The summed E-state index contributed by atoms with van der Waals surface area (Å²) in [5.74, 6) is -0.264. The Morgan fingerprint density at radius 2 is 1.78 bits per heavy atom. The predicted octanol–water partition coefficient (Wildman–Crippen LogP) is 3.93. The number of amides is 2. The highest BCUT2D eigenvalue weighted by Crippen LogP contribution is 2.30. The Bertz CT molecular complexity index is 786. The summed E-state index contributed by atoms with van der Waals surface area (Å²) in [5.41, 5.74) is 6.10. The van der Waals surface area contributed by atoms with Crippen molar-refractivity contribution in [1.82, 2.24) is 10.6 Å². The van der Waals surface area contributed by atoms with E-state index in [0.29, 0.717) is 12.0 Å². The Morgan fingerprint density at radius 1 is 1.09 bits per heavy atom. The van der Waals surface area contributed by atoms with E-state index in [4.69, 9.17) is 5.73 Å². The van der Waals surface area contributed by atoms with Gasteiger partial charge in [-0.15, -0.1) is 13.2 Å². The van der Waals surface area contributed by atoms with Crippen LogP contribution in [-0.4, -0.2) is 29.8 Å². The first-order valence-electron chi connectivity index (χ1n) is 11.3. The first-order chi connectivity index (χ1) is 15.1. The standard InChI is InChI=1S/C23H32F3N3O3/c24-23(25,26)32-19-6-4-5-17(13-19)15-28-20(30)14-16-7-9-18(10-8-16)29-21(31)22(27)11-2-1-3-12-22/h4-6,13,16,18H,1-3,7-12,14-15,27H2,(H,28,30)(H,29,31). The average molecular weight is 456 g/mol. The number of hydrogen-bond acceptors (Lipinski definition) is 4. The van der Waals surface area contributed by atoms with Gasteiger partial charge in [-0.1, -0.05) is 31.4 Å². The van der Waals surface area contributed by atoms with Crippen LogP contribution in [-0.2, 0) is 16.1 Å². The smallest absolute Gasteiger partial charge is 0.406 e. The lowest BCUT2D eigenvalue weighted by Crippen LogP contribution is -2.57. The molecule has 2 saturated carbocycles. The second kappa shape index (κ2) is 10.6. The molecule has 0 bridgehead atoms. The highest BCUT2D eigenvalue weighted by Gasteiger charge is 2.37. The maximum absolute atomic E-state index is 12.6. The van der Waals surface area contributed by atoms with Crippen LogP contribution in [0.25, 0.3) is 0 Å². The molecule has 0 radical (unpaired) electrons. The first-order valence-corrected chi connectivity index (χ1v) is 11.3. The van der Waals surface area contributed by atoms with Crippen LogP contribution in [0, 0.1) is 5.92 Å². The monoisotopic (exact) mass is 455 g/mol. The molecule has 6 nitrogen and oxygen atoms in total. The van der Waals surface area contributed by atoms with Crippen LogP contribution in [0.15, 0.2) is 24.3 Å². The maximum Gasteiger partial charge on any atom is 0.573 e. The molecule has 0 unspecified atom stereocenters. The number of ether oxygens (including phenoxy) is 1. The lowest BCUT2D eigenvalue weighted by Gasteiger charge is -2.35. The summed E-state index contributed by atoms with van der Waals surface area (Å²) in [6.07, 6.45) is 3.51. The van der Waals surface area contributed by atoms with Crippen LogP contribution >= 0.6 is 0 Å². The van der Waals surface area contributed by atoms with E-state index in [1.807, 2.05) is 0 Å². The lowest BCUT2D eigenvalue weighted by atomic mass is 9.80. The highest BCUT2D eigenvalue weighted by molar-refractivity contribution is 5.86. The van der Waals surface area contributed by atoms with Crippen LogP contribution in [0.4, 0.5) is 13.2 Å². The summed E-state index contributed by atoms with van der Waals surface area (Å²) < 4.78 is 40.9. The number of nitrogens with two attached hydrogens (primary N) is 1. The van der Waals surface area contributed by atoms with E-state index in [1.54, 1.807) is 6.07 Å². The molecular weight excluding hydrogens is 423 g/mol.